The number of hydrogen-bond donors (Lipinski definition) is 0. The fourth-order valence-corrected chi connectivity index (χ4v) is 2.89. The van der Waals surface area contributed by atoms with Crippen molar-refractivity contribution in [3.05, 3.63) is 0 Å². The normalized spacial score (nSPS) is 24.4. The molecule has 3 atom stereocenters. The first-order valence-electron chi connectivity index (χ1n) is 5.25. The number of ether oxygens (including phenoxy) is 1. The molecule has 0 N–H and O–H groups in total. The van der Waals surface area contributed by atoms with Crippen molar-refractivity contribution >= 4 is 31.2 Å². The SMILES string of the molecule is O=S(=O)([O-])OC[C@H]1CC(OS(=O)(=O)[O-])C(OS(=O)(=O)[O-])CO1.[Na+].[Na+].[Na+]. The van der Waals surface area contributed by atoms with E-state index in [0.29, 0.717) is 0 Å². The molecule has 0 bridgehead atoms. The standard InChI is InChI=1S/C6H12O13S3.3Na/c7-20(8,9)17-2-4-1-5(18-21(10,11)12)6(3-16-4)19-22(13,14)15;;;/h4-6H,1-3H2,(H,7,8,9)(H,10,11,12)(H,13,14,15);;;/q;3*+1/p-3/t4-,5?,6?;;;/m1.../s1. The molecule has 0 spiro atoms. The van der Waals surface area contributed by atoms with Crippen molar-refractivity contribution in [2.75, 3.05) is 13.2 Å². The van der Waals surface area contributed by atoms with Gasteiger partial charge < -0.3 is 18.4 Å². The largest absolute Gasteiger partial charge is 1.00 e. The summed E-state index contributed by atoms with van der Waals surface area (Å²) >= 11 is 0. The van der Waals surface area contributed by atoms with Crippen LogP contribution >= 0.6 is 0 Å². The van der Waals surface area contributed by atoms with Crippen LogP contribution in [-0.4, -0.2) is 70.4 Å². The molecule has 1 aliphatic rings. The fourth-order valence-electron chi connectivity index (χ4n) is 1.59. The Bertz CT molecular complexity index is 689. The van der Waals surface area contributed by atoms with E-state index >= 15 is 0 Å². The van der Waals surface area contributed by atoms with E-state index in [9.17, 15) is 38.9 Å². The van der Waals surface area contributed by atoms with Crippen LogP contribution in [0.15, 0.2) is 0 Å². The molecular formula is C6H9Na3O13S3. The molecule has 0 amide bonds. The summed E-state index contributed by atoms with van der Waals surface area (Å²) in [5, 5.41) is 0. The first kappa shape index (κ1) is 32.2. The summed E-state index contributed by atoms with van der Waals surface area (Å²) in [7, 11) is -15.6. The van der Waals surface area contributed by atoms with Crippen molar-refractivity contribution < 1.29 is 145 Å². The minimum absolute atomic E-state index is 0. The number of rotatable bonds is 7. The van der Waals surface area contributed by atoms with Crippen molar-refractivity contribution in [1.82, 2.24) is 0 Å². The van der Waals surface area contributed by atoms with Crippen molar-refractivity contribution in [2.45, 2.75) is 24.7 Å². The minimum Gasteiger partial charge on any atom is -0.726 e. The van der Waals surface area contributed by atoms with Gasteiger partial charge in [-0.05, 0) is 0 Å². The van der Waals surface area contributed by atoms with Crippen LogP contribution in [0.2, 0.25) is 0 Å². The Morgan fingerprint density at radius 1 is 0.800 bits per heavy atom. The van der Waals surface area contributed by atoms with E-state index in [0.717, 1.165) is 0 Å². The predicted octanol–water partition coefficient (Wildman–Crippen LogP) is -12.0. The van der Waals surface area contributed by atoms with Gasteiger partial charge in [0.2, 0.25) is 31.2 Å². The molecule has 0 aromatic carbocycles. The van der Waals surface area contributed by atoms with E-state index in [1.54, 1.807) is 0 Å². The van der Waals surface area contributed by atoms with E-state index in [1.807, 2.05) is 0 Å². The zero-order valence-electron chi connectivity index (χ0n) is 13.4. The van der Waals surface area contributed by atoms with Crippen LogP contribution in [0.3, 0.4) is 0 Å². The average Bonchev–Trinajstić information content (AvgIpc) is 2.24. The second-order valence-electron chi connectivity index (χ2n) is 3.97. The predicted molar refractivity (Wildman–Crippen MR) is 59.1 cm³/mol. The molecule has 0 aromatic rings. The maximum atomic E-state index is 10.6. The Morgan fingerprint density at radius 3 is 1.64 bits per heavy atom. The van der Waals surface area contributed by atoms with Gasteiger partial charge in [0.05, 0.1) is 19.3 Å². The quantitative estimate of drug-likeness (QED) is 0.199. The van der Waals surface area contributed by atoms with Crippen LogP contribution in [0.4, 0.5) is 0 Å². The second kappa shape index (κ2) is 13.0. The van der Waals surface area contributed by atoms with E-state index in [1.165, 1.54) is 0 Å². The molecule has 1 fully saturated rings. The van der Waals surface area contributed by atoms with Crippen molar-refractivity contribution in [3.63, 3.8) is 0 Å². The van der Waals surface area contributed by atoms with E-state index in [-0.39, 0.29) is 88.7 Å². The molecule has 25 heavy (non-hydrogen) atoms. The van der Waals surface area contributed by atoms with E-state index in [4.69, 9.17) is 4.74 Å². The van der Waals surface area contributed by atoms with Crippen LogP contribution in [0, 0.1) is 0 Å². The van der Waals surface area contributed by atoms with Gasteiger partial charge in [-0.2, -0.15) is 0 Å². The summed E-state index contributed by atoms with van der Waals surface area (Å²) in [4.78, 5) is 0. The topological polar surface area (TPSA) is 209 Å². The molecule has 132 valence electrons. The van der Waals surface area contributed by atoms with Crippen molar-refractivity contribution in [2.24, 2.45) is 0 Å². The summed E-state index contributed by atoms with van der Waals surface area (Å²) in [5.41, 5.74) is 0. The molecule has 13 nitrogen and oxygen atoms in total. The van der Waals surface area contributed by atoms with E-state index < -0.39 is 69.1 Å². The monoisotopic (exact) mass is 454 g/mol. The van der Waals surface area contributed by atoms with Crippen LogP contribution in [-0.2, 0) is 48.5 Å². The van der Waals surface area contributed by atoms with Crippen LogP contribution in [0.1, 0.15) is 6.42 Å². The molecule has 0 aliphatic carbocycles. The summed E-state index contributed by atoms with van der Waals surface area (Å²) < 4.78 is 111. The molecule has 0 saturated carbocycles. The Morgan fingerprint density at radius 2 is 1.24 bits per heavy atom. The third kappa shape index (κ3) is 16.1. The van der Waals surface area contributed by atoms with Gasteiger partial charge in [-0.1, -0.05) is 0 Å². The fraction of sp³-hybridized carbons (Fsp3) is 1.00. The Labute approximate surface area is 211 Å². The molecular weight excluding hydrogens is 445 g/mol. The third-order valence-electron chi connectivity index (χ3n) is 2.29. The second-order valence-corrected chi connectivity index (χ2v) is 7.04. The van der Waals surface area contributed by atoms with Gasteiger partial charge in [0.25, 0.3) is 0 Å². The van der Waals surface area contributed by atoms with Gasteiger partial charge in [0, 0.05) is 6.42 Å². The first-order valence-corrected chi connectivity index (χ1v) is 9.25. The molecule has 0 aromatic heterocycles. The third-order valence-corrected chi connectivity index (χ3v) is 3.68. The molecule has 0 radical (unpaired) electrons. The minimum atomic E-state index is -5.28. The van der Waals surface area contributed by atoms with Crippen LogP contribution in [0.25, 0.3) is 0 Å². The van der Waals surface area contributed by atoms with E-state index in [2.05, 4.69) is 12.5 Å². The molecule has 2 unspecified atom stereocenters. The Hall–Kier alpha value is 2.57. The summed E-state index contributed by atoms with van der Waals surface area (Å²) in [5.74, 6) is 0. The van der Waals surface area contributed by atoms with Gasteiger partial charge in [-0.15, -0.1) is 0 Å². The maximum absolute atomic E-state index is 10.6. The first-order chi connectivity index (χ1) is 9.75. The average molecular weight is 454 g/mol. The molecule has 1 heterocycles. The van der Waals surface area contributed by atoms with Gasteiger partial charge in [0.1, 0.15) is 12.2 Å². The Kier molecular flexibility index (Phi) is 16.8. The van der Waals surface area contributed by atoms with Crippen LogP contribution < -0.4 is 88.7 Å². The molecule has 1 rings (SSSR count). The maximum Gasteiger partial charge on any atom is 1.00 e. The molecule has 19 heteroatoms. The van der Waals surface area contributed by atoms with Gasteiger partial charge in [-0.3, -0.25) is 12.5 Å². The number of hydrogen-bond acceptors (Lipinski definition) is 13. The summed E-state index contributed by atoms with van der Waals surface area (Å²) in [6.07, 6.45) is -5.30. The van der Waals surface area contributed by atoms with Gasteiger partial charge in [-0.25, -0.2) is 25.3 Å². The van der Waals surface area contributed by atoms with Crippen molar-refractivity contribution in [1.29, 1.82) is 0 Å². The van der Waals surface area contributed by atoms with Gasteiger partial charge >= 0.3 is 88.7 Å². The van der Waals surface area contributed by atoms with Crippen LogP contribution in [0.5, 0.6) is 0 Å². The molecule has 1 aliphatic heterocycles. The molecule has 1 saturated heterocycles. The summed E-state index contributed by atoms with van der Waals surface area (Å²) in [6, 6.07) is 0. The smallest absolute Gasteiger partial charge is 0.726 e. The Balaban J connectivity index is -0.00000161. The van der Waals surface area contributed by atoms with Gasteiger partial charge in [0.15, 0.2) is 0 Å². The summed E-state index contributed by atoms with van der Waals surface area (Å²) in [6.45, 7) is -1.56. The zero-order valence-corrected chi connectivity index (χ0v) is 21.8. The van der Waals surface area contributed by atoms with Crippen molar-refractivity contribution in [3.8, 4) is 0 Å². The zero-order chi connectivity index (χ0) is 17.2.